The van der Waals surface area contributed by atoms with Crippen LogP contribution < -0.4 is 0 Å². The number of ether oxygens (including phenoxy) is 2. The summed E-state index contributed by atoms with van der Waals surface area (Å²) in [5.41, 5.74) is 2.64. The highest BCUT2D eigenvalue weighted by molar-refractivity contribution is 6.31. The van der Waals surface area contributed by atoms with E-state index in [-0.39, 0.29) is 19.0 Å². The van der Waals surface area contributed by atoms with E-state index in [1.807, 2.05) is 13.0 Å². The first kappa shape index (κ1) is 20.2. The number of carbonyl (C=O) groups excluding carboxylic acids is 2. The van der Waals surface area contributed by atoms with Gasteiger partial charge in [-0.25, -0.2) is 4.79 Å². The third-order valence-electron chi connectivity index (χ3n) is 3.98. The predicted octanol–water partition coefficient (Wildman–Crippen LogP) is 4.51. The maximum atomic E-state index is 12.6. The van der Waals surface area contributed by atoms with Crippen LogP contribution in [-0.2, 0) is 27.1 Å². The van der Waals surface area contributed by atoms with Crippen LogP contribution in [-0.4, -0.2) is 30.1 Å². The molecule has 0 spiro atoms. The molecule has 0 bridgehead atoms. The summed E-state index contributed by atoms with van der Waals surface area (Å²) < 4.78 is 10.3. The number of carbonyl (C=O) groups is 2. The first-order valence-electron chi connectivity index (χ1n) is 8.95. The molecule has 0 saturated heterocycles. The Bertz CT molecular complexity index is 804. The molecule has 0 aliphatic heterocycles. The summed E-state index contributed by atoms with van der Waals surface area (Å²) in [6, 6.07) is 5.38. The van der Waals surface area contributed by atoms with Crippen LogP contribution in [0.4, 0.5) is 0 Å². The molecule has 1 heterocycles. The van der Waals surface area contributed by atoms with E-state index in [1.54, 1.807) is 26.0 Å². The molecule has 0 N–H and O–H groups in total. The van der Waals surface area contributed by atoms with Gasteiger partial charge in [-0.3, -0.25) is 9.78 Å². The molecule has 0 saturated carbocycles. The lowest BCUT2D eigenvalue weighted by Crippen LogP contribution is -2.15. The Morgan fingerprint density at radius 2 is 1.81 bits per heavy atom. The van der Waals surface area contributed by atoms with Crippen LogP contribution in [0.5, 0.6) is 0 Å². The topological polar surface area (TPSA) is 65.5 Å². The predicted molar refractivity (Wildman–Crippen MR) is 102 cm³/mol. The smallest absolute Gasteiger partial charge is 0.340 e. The molecule has 1 aromatic heterocycles. The fourth-order valence-electron chi connectivity index (χ4n) is 2.94. The van der Waals surface area contributed by atoms with Gasteiger partial charge in [0.15, 0.2) is 0 Å². The van der Waals surface area contributed by atoms with Crippen molar-refractivity contribution in [2.24, 2.45) is 0 Å². The molecule has 0 atom stereocenters. The standard InChI is InChI=1S/C20H24ClNO4/c1-4-7-17-19(20(24)26-6-3)14(9-11-18(23)25-5-2)15-12-13(21)8-10-16(15)22-17/h8,10,12H,4-7,9,11H2,1-3H3. The average Bonchev–Trinajstić information content (AvgIpc) is 2.60. The Morgan fingerprint density at radius 1 is 1.08 bits per heavy atom. The van der Waals surface area contributed by atoms with E-state index in [1.165, 1.54) is 0 Å². The number of benzene rings is 1. The van der Waals surface area contributed by atoms with Crippen molar-refractivity contribution in [1.82, 2.24) is 4.98 Å². The van der Waals surface area contributed by atoms with Gasteiger partial charge in [-0.2, -0.15) is 0 Å². The van der Waals surface area contributed by atoms with Crippen LogP contribution in [0, 0.1) is 0 Å². The molecule has 0 unspecified atom stereocenters. The molecular formula is C20H24ClNO4. The zero-order valence-corrected chi connectivity index (χ0v) is 16.2. The number of esters is 2. The largest absolute Gasteiger partial charge is 0.466 e. The average molecular weight is 378 g/mol. The van der Waals surface area contributed by atoms with Gasteiger partial charge in [0.05, 0.1) is 30.0 Å². The number of aryl methyl sites for hydroxylation is 2. The Kier molecular flexibility index (Phi) is 7.39. The summed E-state index contributed by atoms with van der Waals surface area (Å²) in [6.45, 7) is 6.16. The minimum atomic E-state index is -0.413. The molecule has 0 radical (unpaired) electrons. The van der Waals surface area contributed by atoms with E-state index in [0.29, 0.717) is 35.7 Å². The van der Waals surface area contributed by atoms with E-state index in [9.17, 15) is 9.59 Å². The van der Waals surface area contributed by atoms with Gasteiger partial charge in [0.2, 0.25) is 0 Å². The second kappa shape index (κ2) is 9.53. The molecule has 1 aromatic carbocycles. The number of hydrogen-bond acceptors (Lipinski definition) is 5. The Morgan fingerprint density at radius 3 is 2.46 bits per heavy atom. The van der Waals surface area contributed by atoms with Crippen LogP contribution >= 0.6 is 11.6 Å². The molecule has 140 valence electrons. The Hall–Kier alpha value is -2.14. The highest BCUT2D eigenvalue weighted by atomic mass is 35.5. The fourth-order valence-corrected chi connectivity index (χ4v) is 3.11. The molecule has 0 aliphatic carbocycles. The van der Waals surface area contributed by atoms with E-state index in [4.69, 9.17) is 21.1 Å². The molecule has 2 rings (SSSR count). The zero-order valence-electron chi connectivity index (χ0n) is 15.4. The second-order valence-corrected chi connectivity index (χ2v) is 6.29. The van der Waals surface area contributed by atoms with E-state index < -0.39 is 5.97 Å². The van der Waals surface area contributed by atoms with Crippen molar-refractivity contribution in [3.63, 3.8) is 0 Å². The Labute approximate surface area is 158 Å². The molecule has 26 heavy (non-hydrogen) atoms. The number of fused-ring (bicyclic) bond motifs is 1. The molecule has 2 aromatic rings. The molecular weight excluding hydrogens is 354 g/mol. The summed E-state index contributed by atoms with van der Waals surface area (Å²) in [5.74, 6) is -0.712. The second-order valence-electron chi connectivity index (χ2n) is 5.85. The molecule has 0 amide bonds. The summed E-state index contributed by atoms with van der Waals surface area (Å²) >= 11 is 6.16. The molecule has 6 heteroatoms. The third kappa shape index (κ3) is 4.73. The number of nitrogens with zero attached hydrogens (tertiary/aromatic N) is 1. The first-order chi connectivity index (χ1) is 12.5. The van der Waals surface area contributed by atoms with Crippen molar-refractivity contribution >= 4 is 34.4 Å². The highest BCUT2D eigenvalue weighted by Crippen LogP contribution is 2.29. The maximum absolute atomic E-state index is 12.6. The minimum Gasteiger partial charge on any atom is -0.466 e. The van der Waals surface area contributed by atoms with Gasteiger partial charge in [-0.05, 0) is 50.5 Å². The number of hydrogen-bond donors (Lipinski definition) is 0. The highest BCUT2D eigenvalue weighted by Gasteiger charge is 2.22. The fraction of sp³-hybridized carbons (Fsp3) is 0.450. The molecule has 0 fully saturated rings. The van der Waals surface area contributed by atoms with Gasteiger partial charge in [-0.1, -0.05) is 24.9 Å². The summed E-state index contributed by atoms with van der Waals surface area (Å²) in [7, 11) is 0. The number of halogens is 1. The quantitative estimate of drug-likeness (QED) is 0.633. The van der Waals surface area contributed by atoms with Gasteiger partial charge in [0, 0.05) is 16.8 Å². The first-order valence-corrected chi connectivity index (χ1v) is 9.33. The summed E-state index contributed by atoms with van der Waals surface area (Å²) in [4.78, 5) is 29.2. The Balaban J connectivity index is 2.63. The lowest BCUT2D eigenvalue weighted by atomic mass is 9.95. The van der Waals surface area contributed by atoms with Gasteiger partial charge in [0.25, 0.3) is 0 Å². The maximum Gasteiger partial charge on any atom is 0.340 e. The van der Waals surface area contributed by atoms with Gasteiger partial charge in [0.1, 0.15) is 0 Å². The van der Waals surface area contributed by atoms with Crippen molar-refractivity contribution < 1.29 is 19.1 Å². The minimum absolute atomic E-state index is 0.178. The lowest BCUT2D eigenvalue weighted by Gasteiger charge is -2.16. The van der Waals surface area contributed by atoms with Gasteiger partial charge < -0.3 is 9.47 Å². The van der Waals surface area contributed by atoms with Crippen molar-refractivity contribution in [2.45, 2.75) is 46.5 Å². The van der Waals surface area contributed by atoms with Crippen molar-refractivity contribution in [3.8, 4) is 0 Å². The van der Waals surface area contributed by atoms with E-state index >= 15 is 0 Å². The molecule has 0 aliphatic rings. The third-order valence-corrected chi connectivity index (χ3v) is 4.22. The van der Waals surface area contributed by atoms with Crippen LogP contribution in [0.2, 0.25) is 5.02 Å². The van der Waals surface area contributed by atoms with Gasteiger partial charge in [-0.15, -0.1) is 0 Å². The number of pyridine rings is 1. The monoisotopic (exact) mass is 377 g/mol. The van der Waals surface area contributed by atoms with E-state index in [0.717, 1.165) is 22.9 Å². The summed E-state index contributed by atoms with van der Waals surface area (Å²) in [6.07, 6.45) is 2.04. The SMILES string of the molecule is CCCc1nc2ccc(Cl)cc2c(CCC(=O)OCC)c1C(=O)OCC. The van der Waals surface area contributed by atoms with Crippen LogP contribution in [0.3, 0.4) is 0 Å². The van der Waals surface area contributed by atoms with Gasteiger partial charge >= 0.3 is 11.9 Å². The van der Waals surface area contributed by atoms with E-state index in [2.05, 4.69) is 4.98 Å². The van der Waals surface area contributed by atoms with Crippen LogP contribution in [0.25, 0.3) is 10.9 Å². The van der Waals surface area contributed by atoms with Crippen LogP contribution in [0.1, 0.15) is 55.2 Å². The van der Waals surface area contributed by atoms with Crippen molar-refractivity contribution in [2.75, 3.05) is 13.2 Å². The zero-order chi connectivity index (χ0) is 19.1. The number of aromatic nitrogens is 1. The van der Waals surface area contributed by atoms with Crippen molar-refractivity contribution in [3.05, 3.63) is 40.0 Å². The van der Waals surface area contributed by atoms with Crippen LogP contribution in [0.15, 0.2) is 18.2 Å². The molecule has 5 nitrogen and oxygen atoms in total. The summed E-state index contributed by atoms with van der Waals surface area (Å²) in [5, 5.41) is 1.32. The lowest BCUT2D eigenvalue weighted by molar-refractivity contribution is -0.143. The van der Waals surface area contributed by atoms with Crippen molar-refractivity contribution in [1.29, 1.82) is 0 Å². The normalized spacial score (nSPS) is 10.8. The number of rotatable bonds is 8.